The molecule has 0 atom stereocenters. The van der Waals surface area contributed by atoms with Crippen molar-refractivity contribution < 1.29 is 14.4 Å². The molecule has 0 fully saturated rings. The zero-order valence-corrected chi connectivity index (χ0v) is 18.4. The molecule has 8 heteroatoms. The maximum atomic E-state index is 13.0. The van der Waals surface area contributed by atoms with E-state index in [0.717, 1.165) is 15.4 Å². The zero-order chi connectivity index (χ0) is 22.5. The standard InChI is InChI=1S/C24H19BrN4O3/c25-18-11-12-20-17(13-18)14-21(22(30)27-19-9-5-2-6-10-19)29(20)28-24(32)23(31)26-15-16-7-3-1-4-8-16/h1-14H,15H2,(H,26,31)(H,27,30)(H,28,32). The number of para-hydroxylation sites is 1. The van der Waals surface area contributed by atoms with Gasteiger partial charge in [-0.3, -0.25) is 19.8 Å². The van der Waals surface area contributed by atoms with E-state index in [1.54, 1.807) is 42.5 Å². The van der Waals surface area contributed by atoms with Crippen LogP contribution < -0.4 is 16.1 Å². The number of carbonyl (C=O) groups is 3. The average molecular weight is 491 g/mol. The van der Waals surface area contributed by atoms with Crippen LogP contribution >= 0.6 is 15.9 Å². The lowest BCUT2D eigenvalue weighted by Crippen LogP contribution is -2.39. The van der Waals surface area contributed by atoms with Gasteiger partial charge >= 0.3 is 11.8 Å². The molecule has 0 bridgehead atoms. The van der Waals surface area contributed by atoms with Crippen molar-refractivity contribution in [2.75, 3.05) is 10.7 Å². The van der Waals surface area contributed by atoms with Crippen LogP contribution in [-0.4, -0.2) is 22.4 Å². The number of anilines is 1. The summed E-state index contributed by atoms with van der Waals surface area (Å²) in [7, 11) is 0. The number of carbonyl (C=O) groups excluding carboxylic acids is 3. The molecule has 0 aliphatic heterocycles. The topological polar surface area (TPSA) is 92.2 Å². The van der Waals surface area contributed by atoms with Crippen molar-refractivity contribution in [1.29, 1.82) is 0 Å². The van der Waals surface area contributed by atoms with E-state index >= 15 is 0 Å². The number of rotatable bonds is 5. The van der Waals surface area contributed by atoms with Crippen LogP contribution in [-0.2, 0) is 16.1 Å². The highest BCUT2D eigenvalue weighted by atomic mass is 79.9. The summed E-state index contributed by atoms with van der Waals surface area (Å²) in [5.41, 5.74) is 4.79. The van der Waals surface area contributed by atoms with Gasteiger partial charge in [-0.15, -0.1) is 0 Å². The fourth-order valence-electron chi connectivity index (χ4n) is 3.20. The molecular formula is C24H19BrN4O3. The molecule has 0 aliphatic carbocycles. The van der Waals surface area contributed by atoms with Crippen LogP contribution in [0.1, 0.15) is 16.1 Å². The molecule has 3 aromatic carbocycles. The van der Waals surface area contributed by atoms with Crippen LogP contribution in [0.2, 0.25) is 0 Å². The second kappa shape index (κ2) is 9.49. The van der Waals surface area contributed by atoms with Crippen molar-refractivity contribution >= 4 is 50.2 Å². The van der Waals surface area contributed by atoms with Gasteiger partial charge in [0.2, 0.25) is 0 Å². The van der Waals surface area contributed by atoms with Crippen LogP contribution in [0.4, 0.5) is 5.69 Å². The van der Waals surface area contributed by atoms with Crippen LogP contribution in [0, 0.1) is 0 Å². The summed E-state index contributed by atoms with van der Waals surface area (Å²) in [6.07, 6.45) is 0. The van der Waals surface area contributed by atoms with Crippen LogP contribution in [0.3, 0.4) is 0 Å². The lowest BCUT2D eigenvalue weighted by atomic mass is 10.2. The smallest absolute Gasteiger partial charge is 0.328 e. The molecule has 0 saturated heterocycles. The SMILES string of the molecule is O=C(NCc1ccccc1)C(=O)Nn1c(C(=O)Nc2ccccc2)cc2cc(Br)ccc21. The van der Waals surface area contributed by atoms with E-state index in [0.29, 0.717) is 11.2 Å². The van der Waals surface area contributed by atoms with Gasteiger partial charge in [-0.25, -0.2) is 4.68 Å². The normalized spacial score (nSPS) is 10.5. The number of nitrogens with one attached hydrogen (secondary N) is 3. The quantitative estimate of drug-likeness (QED) is 0.368. The molecule has 0 aliphatic rings. The number of benzene rings is 3. The van der Waals surface area contributed by atoms with Gasteiger partial charge in [0.25, 0.3) is 5.91 Å². The average Bonchev–Trinajstić information content (AvgIpc) is 3.16. The Hall–Kier alpha value is -3.91. The molecule has 7 nitrogen and oxygen atoms in total. The Morgan fingerprint density at radius 3 is 2.22 bits per heavy atom. The Morgan fingerprint density at radius 2 is 1.50 bits per heavy atom. The number of hydrogen-bond donors (Lipinski definition) is 3. The van der Waals surface area contributed by atoms with E-state index in [4.69, 9.17) is 0 Å². The molecule has 0 unspecified atom stereocenters. The molecule has 4 aromatic rings. The lowest BCUT2D eigenvalue weighted by molar-refractivity contribution is -0.136. The molecule has 160 valence electrons. The van der Waals surface area contributed by atoms with Crippen molar-refractivity contribution in [2.24, 2.45) is 0 Å². The first-order valence-electron chi connectivity index (χ1n) is 9.82. The van der Waals surface area contributed by atoms with Gasteiger partial charge in [0, 0.05) is 22.1 Å². The van der Waals surface area contributed by atoms with Crippen LogP contribution in [0.15, 0.2) is 89.4 Å². The van der Waals surface area contributed by atoms with Crippen LogP contribution in [0.5, 0.6) is 0 Å². The third kappa shape index (κ3) is 4.87. The van der Waals surface area contributed by atoms with E-state index in [1.165, 1.54) is 4.68 Å². The largest absolute Gasteiger partial charge is 0.344 e. The van der Waals surface area contributed by atoms with Crippen LogP contribution in [0.25, 0.3) is 10.9 Å². The molecule has 1 aromatic heterocycles. The molecule has 0 radical (unpaired) electrons. The van der Waals surface area contributed by atoms with Crippen molar-refractivity contribution in [3.05, 3.63) is 101 Å². The Kier molecular flexibility index (Phi) is 6.32. The highest BCUT2D eigenvalue weighted by Gasteiger charge is 2.21. The maximum absolute atomic E-state index is 13.0. The number of nitrogens with zero attached hydrogens (tertiary/aromatic N) is 1. The van der Waals surface area contributed by atoms with E-state index in [9.17, 15) is 14.4 Å². The van der Waals surface area contributed by atoms with Crippen molar-refractivity contribution in [1.82, 2.24) is 9.99 Å². The summed E-state index contributed by atoms with van der Waals surface area (Å²) in [6, 6.07) is 25.3. The Labute approximate surface area is 192 Å². The molecule has 1 heterocycles. The van der Waals surface area contributed by atoms with Gasteiger partial charge in [0.1, 0.15) is 5.69 Å². The van der Waals surface area contributed by atoms with Gasteiger partial charge < -0.3 is 10.6 Å². The van der Waals surface area contributed by atoms with Gasteiger partial charge in [0.15, 0.2) is 0 Å². The first kappa shape index (κ1) is 21.3. The fraction of sp³-hybridized carbons (Fsp3) is 0.0417. The third-order valence-corrected chi connectivity index (χ3v) is 5.24. The summed E-state index contributed by atoms with van der Waals surface area (Å²) in [6.45, 7) is 0.216. The first-order valence-corrected chi connectivity index (χ1v) is 10.6. The highest BCUT2D eigenvalue weighted by molar-refractivity contribution is 9.10. The van der Waals surface area contributed by atoms with Crippen molar-refractivity contribution in [2.45, 2.75) is 6.54 Å². The minimum Gasteiger partial charge on any atom is -0.344 e. The molecule has 4 rings (SSSR count). The monoisotopic (exact) mass is 490 g/mol. The van der Waals surface area contributed by atoms with Gasteiger partial charge in [0.05, 0.1) is 5.52 Å². The number of fused-ring (bicyclic) bond motifs is 1. The molecule has 0 spiro atoms. The number of halogens is 1. The number of aromatic nitrogens is 1. The predicted octanol–water partition coefficient (Wildman–Crippen LogP) is 4.04. The van der Waals surface area contributed by atoms with Gasteiger partial charge in [-0.1, -0.05) is 64.5 Å². The minimum atomic E-state index is -0.880. The summed E-state index contributed by atoms with van der Waals surface area (Å²) >= 11 is 3.41. The molecule has 32 heavy (non-hydrogen) atoms. The molecule has 3 amide bonds. The van der Waals surface area contributed by atoms with Crippen molar-refractivity contribution in [3.63, 3.8) is 0 Å². The maximum Gasteiger partial charge on any atom is 0.328 e. The number of hydrogen-bond acceptors (Lipinski definition) is 3. The predicted molar refractivity (Wildman–Crippen MR) is 127 cm³/mol. The van der Waals surface area contributed by atoms with E-state index in [-0.39, 0.29) is 12.2 Å². The number of amides is 3. The molecule has 0 saturated carbocycles. The van der Waals surface area contributed by atoms with E-state index in [2.05, 4.69) is 32.0 Å². The second-order valence-corrected chi connectivity index (χ2v) is 7.91. The van der Waals surface area contributed by atoms with Gasteiger partial charge in [-0.05, 0) is 42.0 Å². The lowest BCUT2D eigenvalue weighted by Gasteiger charge is -2.13. The van der Waals surface area contributed by atoms with E-state index in [1.807, 2.05) is 42.5 Å². The summed E-state index contributed by atoms with van der Waals surface area (Å²) in [5.74, 6) is -2.11. The molecule has 3 N–H and O–H groups in total. The Balaban J connectivity index is 1.57. The summed E-state index contributed by atoms with van der Waals surface area (Å²) in [4.78, 5) is 37.9. The minimum absolute atomic E-state index is 0.186. The highest BCUT2D eigenvalue weighted by Crippen LogP contribution is 2.24. The van der Waals surface area contributed by atoms with E-state index < -0.39 is 17.7 Å². The third-order valence-electron chi connectivity index (χ3n) is 4.74. The second-order valence-electron chi connectivity index (χ2n) is 7.00. The van der Waals surface area contributed by atoms with Crippen molar-refractivity contribution in [3.8, 4) is 0 Å². The van der Waals surface area contributed by atoms with Gasteiger partial charge in [-0.2, -0.15) is 0 Å². The first-order chi connectivity index (χ1) is 15.5. The summed E-state index contributed by atoms with van der Waals surface area (Å²) in [5, 5.41) is 6.11. The fourth-order valence-corrected chi connectivity index (χ4v) is 3.58. The Morgan fingerprint density at radius 1 is 0.812 bits per heavy atom. The molecular weight excluding hydrogens is 472 g/mol. The Bertz CT molecular complexity index is 1290. The summed E-state index contributed by atoms with van der Waals surface area (Å²) < 4.78 is 2.15. The zero-order valence-electron chi connectivity index (χ0n) is 16.8.